The van der Waals surface area contributed by atoms with Gasteiger partial charge in [-0.25, -0.2) is 0 Å². The number of rotatable bonds is 4. The Morgan fingerprint density at radius 3 is 2.48 bits per heavy atom. The van der Waals surface area contributed by atoms with Crippen LogP contribution in [0, 0.1) is 10.1 Å². The maximum atomic E-state index is 12.1. The summed E-state index contributed by atoms with van der Waals surface area (Å²) in [6, 6.07) is 9.65. The molecule has 0 aliphatic carbocycles. The quantitative estimate of drug-likeness (QED) is 0.665. The molecule has 2 N–H and O–H groups in total. The van der Waals surface area contributed by atoms with Gasteiger partial charge >= 0.3 is 0 Å². The molecule has 1 amide bonds. The van der Waals surface area contributed by atoms with Crippen molar-refractivity contribution in [3.63, 3.8) is 0 Å². The van der Waals surface area contributed by atoms with E-state index in [0.29, 0.717) is 11.4 Å². The van der Waals surface area contributed by atoms with E-state index >= 15 is 0 Å². The number of amides is 1. The second-order valence-corrected chi connectivity index (χ2v) is 4.14. The molecule has 0 spiro atoms. The molecule has 0 aromatic heterocycles. The van der Waals surface area contributed by atoms with Crippen LogP contribution in [0.1, 0.15) is 10.4 Å². The summed E-state index contributed by atoms with van der Waals surface area (Å²) in [5.41, 5.74) is 0.359. The van der Waals surface area contributed by atoms with E-state index in [1.165, 1.54) is 49.6 Å². The van der Waals surface area contributed by atoms with E-state index in [1.807, 2.05) is 0 Å². The van der Waals surface area contributed by atoms with Crippen molar-refractivity contribution in [2.75, 3.05) is 12.4 Å². The number of ether oxygens (including phenoxy) is 1. The SMILES string of the molecule is COc1ccc(O)c(C(=O)Nc2ccc([N+](=O)[O-])cc2)c1. The normalized spacial score (nSPS) is 9.95. The van der Waals surface area contributed by atoms with Gasteiger partial charge in [0.05, 0.1) is 17.6 Å². The molecule has 0 aliphatic rings. The van der Waals surface area contributed by atoms with Gasteiger partial charge in [0.1, 0.15) is 11.5 Å². The number of phenolic OH excluding ortho intramolecular Hbond substituents is 1. The van der Waals surface area contributed by atoms with Gasteiger partial charge in [-0.1, -0.05) is 0 Å². The zero-order chi connectivity index (χ0) is 15.4. The van der Waals surface area contributed by atoms with E-state index in [-0.39, 0.29) is 17.0 Å². The van der Waals surface area contributed by atoms with Crippen molar-refractivity contribution in [3.8, 4) is 11.5 Å². The number of hydrogen-bond donors (Lipinski definition) is 2. The van der Waals surface area contributed by atoms with Crippen LogP contribution in [-0.2, 0) is 0 Å². The lowest BCUT2D eigenvalue weighted by atomic mass is 10.1. The van der Waals surface area contributed by atoms with Gasteiger partial charge in [-0.3, -0.25) is 14.9 Å². The van der Waals surface area contributed by atoms with Gasteiger partial charge in [0.25, 0.3) is 11.6 Å². The Labute approximate surface area is 119 Å². The number of benzene rings is 2. The van der Waals surface area contributed by atoms with Crippen LogP contribution in [-0.4, -0.2) is 23.0 Å². The van der Waals surface area contributed by atoms with Gasteiger partial charge < -0.3 is 15.2 Å². The second kappa shape index (κ2) is 5.91. The molecule has 0 heterocycles. The molecule has 0 aliphatic heterocycles. The number of nitro groups is 1. The van der Waals surface area contributed by atoms with Crippen LogP contribution in [0.15, 0.2) is 42.5 Å². The highest BCUT2D eigenvalue weighted by atomic mass is 16.6. The zero-order valence-corrected chi connectivity index (χ0v) is 11.1. The molecule has 0 bridgehead atoms. The average Bonchev–Trinajstić information content (AvgIpc) is 2.48. The third-order valence-electron chi connectivity index (χ3n) is 2.78. The van der Waals surface area contributed by atoms with E-state index in [1.54, 1.807) is 0 Å². The fourth-order valence-electron chi connectivity index (χ4n) is 1.69. The number of nitrogens with one attached hydrogen (secondary N) is 1. The Morgan fingerprint density at radius 1 is 1.24 bits per heavy atom. The number of anilines is 1. The first-order valence-electron chi connectivity index (χ1n) is 5.94. The largest absolute Gasteiger partial charge is 0.507 e. The van der Waals surface area contributed by atoms with Crippen molar-refractivity contribution < 1.29 is 19.6 Å². The minimum absolute atomic E-state index is 0.0488. The van der Waals surface area contributed by atoms with Crippen molar-refractivity contribution >= 4 is 17.3 Å². The van der Waals surface area contributed by atoms with Crippen LogP contribution in [0.25, 0.3) is 0 Å². The molecule has 0 radical (unpaired) electrons. The highest BCUT2D eigenvalue weighted by molar-refractivity contribution is 6.06. The first-order valence-corrected chi connectivity index (χ1v) is 5.94. The maximum Gasteiger partial charge on any atom is 0.269 e. The van der Waals surface area contributed by atoms with Gasteiger partial charge in [-0.2, -0.15) is 0 Å². The predicted octanol–water partition coefficient (Wildman–Crippen LogP) is 2.56. The van der Waals surface area contributed by atoms with E-state index in [0.717, 1.165) is 0 Å². The van der Waals surface area contributed by atoms with Crippen LogP contribution >= 0.6 is 0 Å². The molecule has 0 unspecified atom stereocenters. The van der Waals surface area contributed by atoms with Gasteiger partial charge in [-0.15, -0.1) is 0 Å². The molecule has 7 heteroatoms. The molecule has 7 nitrogen and oxygen atoms in total. The lowest BCUT2D eigenvalue weighted by Crippen LogP contribution is -2.12. The molecule has 21 heavy (non-hydrogen) atoms. The molecular weight excluding hydrogens is 276 g/mol. The maximum absolute atomic E-state index is 12.1. The summed E-state index contributed by atoms with van der Waals surface area (Å²) in [5, 5.41) is 22.8. The van der Waals surface area contributed by atoms with Crippen LogP contribution in [0.2, 0.25) is 0 Å². The Morgan fingerprint density at radius 2 is 1.90 bits per heavy atom. The number of carbonyl (C=O) groups excluding carboxylic acids is 1. The Hall–Kier alpha value is -3.09. The second-order valence-electron chi connectivity index (χ2n) is 4.14. The van der Waals surface area contributed by atoms with Crippen LogP contribution < -0.4 is 10.1 Å². The lowest BCUT2D eigenvalue weighted by molar-refractivity contribution is -0.384. The van der Waals surface area contributed by atoms with Gasteiger partial charge in [0.15, 0.2) is 0 Å². The van der Waals surface area contributed by atoms with Crippen molar-refractivity contribution in [2.45, 2.75) is 0 Å². The molecule has 2 rings (SSSR count). The van der Waals surface area contributed by atoms with Crippen molar-refractivity contribution in [3.05, 3.63) is 58.1 Å². The third-order valence-corrected chi connectivity index (χ3v) is 2.78. The molecule has 0 saturated carbocycles. The summed E-state index contributed by atoms with van der Waals surface area (Å²) in [7, 11) is 1.45. The molecule has 108 valence electrons. The van der Waals surface area contributed by atoms with Crippen molar-refractivity contribution in [2.24, 2.45) is 0 Å². The number of nitrogens with zero attached hydrogens (tertiary/aromatic N) is 1. The lowest BCUT2D eigenvalue weighted by Gasteiger charge is -2.08. The summed E-state index contributed by atoms with van der Waals surface area (Å²) >= 11 is 0. The number of methoxy groups -OCH3 is 1. The summed E-state index contributed by atoms with van der Waals surface area (Å²) in [4.78, 5) is 22.1. The monoisotopic (exact) mass is 288 g/mol. The summed E-state index contributed by atoms with van der Waals surface area (Å²) in [6.45, 7) is 0. The smallest absolute Gasteiger partial charge is 0.269 e. The fourth-order valence-corrected chi connectivity index (χ4v) is 1.69. The van der Waals surface area contributed by atoms with E-state index in [4.69, 9.17) is 4.74 Å². The number of nitro benzene ring substituents is 1. The van der Waals surface area contributed by atoms with Gasteiger partial charge in [-0.05, 0) is 30.3 Å². The molecular formula is C14H12N2O5. The fraction of sp³-hybridized carbons (Fsp3) is 0.0714. The van der Waals surface area contributed by atoms with Crippen LogP contribution in [0.4, 0.5) is 11.4 Å². The number of non-ortho nitro benzene ring substituents is 1. The summed E-state index contributed by atoms with van der Waals surface area (Å²) < 4.78 is 4.99. The minimum atomic E-state index is -0.541. The summed E-state index contributed by atoms with van der Waals surface area (Å²) in [5.74, 6) is -0.294. The van der Waals surface area contributed by atoms with Crippen LogP contribution in [0.3, 0.4) is 0 Å². The highest BCUT2D eigenvalue weighted by Crippen LogP contribution is 2.24. The molecule has 2 aromatic rings. The third kappa shape index (κ3) is 3.27. The molecule has 2 aromatic carbocycles. The number of phenols is 1. The summed E-state index contributed by atoms with van der Waals surface area (Å²) in [6.07, 6.45) is 0. The number of aromatic hydroxyl groups is 1. The van der Waals surface area contributed by atoms with Crippen molar-refractivity contribution in [1.82, 2.24) is 0 Å². The average molecular weight is 288 g/mol. The van der Waals surface area contributed by atoms with Gasteiger partial charge in [0.2, 0.25) is 0 Å². The first kappa shape index (κ1) is 14.3. The molecule has 0 saturated heterocycles. The van der Waals surface area contributed by atoms with Crippen LogP contribution in [0.5, 0.6) is 11.5 Å². The predicted molar refractivity (Wildman–Crippen MR) is 75.7 cm³/mol. The standard InChI is InChI=1S/C14H12N2O5/c1-21-11-6-7-13(17)12(8-11)14(18)15-9-2-4-10(5-3-9)16(19)20/h2-8,17H,1H3,(H,15,18). The highest BCUT2D eigenvalue weighted by Gasteiger charge is 2.13. The Kier molecular flexibility index (Phi) is 4.03. The van der Waals surface area contributed by atoms with Crippen molar-refractivity contribution in [1.29, 1.82) is 0 Å². The van der Waals surface area contributed by atoms with E-state index in [2.05, 4.69) is 5.32 Å². The first-order chi connectivity index (χ1) is 10.0. The topological polar surface area (TPSA) is 102 Å². The number of carbonyl (C=O) groups is 1. The van der Waals surface area contributed by atoms with E-state index < -0.39 is 10.8 Å². The molecule has 0 fully saturated rings. The van der Waals surface area contributed by atoms with Gasteiger partial charge in [0, 0.05) is 17.8 Å². The zero-order valence-electron chi connectivity index (χ0n) is 11.1. The van der Waals surface area contributed by atoms with E-state index in [9.17, 15) is 20.0 Å². The number of hydrogen-bond acceptors (Lipinski definition) is 5. The molecule has 0 atom stereocenters. The minimum Gasteiger partial charge on any atom is -0.507 e. The Bertz CT molecular complexity index is 682. The Balaban J connectivity index is 2.19.